The first kappa shape index (κ1) is 13.4. The summed E-state index contributed by atoms with van der Waals surface area (Å²) in [5.74, 6) is 0.0245. The molecular formula is C13H16N2OS2. The van der Waals surface area contributed by atoms with E-state index in [0.717, 1.165) is 20.2 Å². The van der Waals surface area contributed by atoms with Crippen molar-refractivity contribution in [3.05, 3.63) is 18.2 Å². The first-order valence-electron chi connectivity index (χ1n) is 5.66. The first-order chi connectivity index (χ1) is 8.40. The van der Waals surface area contributed by atoms with E-state index in [1.807, 2.05) is 45.2 Å². The molecule has 0 fully saturated rings. The number of benzene rings is 1. The van der Waals surface area contributed by atoms with Crippen molar-refractivity contribution in [1.29, 1.82) is 0 Å². The van der Waals surface area contributed by atoms with Crippen LogP contribution in [0.1, 0.15) is 20.8 Å². The zero-order valence-corrected chi connectivity index (χ0v) is 12.5. The van der Waals surface area contributed by atoms with E-state index in [4.69, 9.17) is 0 Å². The van der Waals surface area contributed by atoms with E-state index in [1.54, 1.807) is 23.1 Å². The highest BCUT2D eigenvalue weighted by Crippen LogP contribution is 2.30. The Balaban J connectivity index is 2.27. The van der Waals surface area contributed by atoms with Gasteiger partial charge in [-0.3, -0.25) is 4.79 Å². The van der Waals surface area contributed by atoms with Crippen LogP contribution in [-0.4, -0.2) is 17.1 Å². The lowest BCUT2D eigenvalue weighted by molar-refractivity contribution is -0.123. The number of carbonyl (C=O) groups is 1. The maximum atomic E-state index is 11.9. The Morgan fingerprint density at radius 3 is 2.72 bits per heavy atom. The largest absolute Gasteiger partial charge is 0.326 e. The van der Waals surface area contributed by atoms with Gasteiger partial charge in [-0.15, -0.1) is 11.3 Å². The number of carbonyl (C=O) groups excluding carboxylic acids is 1. The molecule has 0 aliphatic heterocycles. The van der Waals surface area contributed by atoms with Crippen LogP contribution in [0.25, 0.3) is 10.2 Å². The molecule has 2 aromatic rings. The third-order valence-corrected chi connectivity index (χ3v) is 4.49. The van der Waals surface area contributed by atoms with Gasteiger partial charge in [0.25, 0.3) is 0 Å². The predicted octanol–water partition coefficient (Wildman–Crippen LogP) is 4.00. The number of amides is 1. The average Bonchev–Trinajstić information content (AvgIpc) is 2.69. The Labute approximate surface area is 115 Å². The zero-order valence-electron chi connectivity index (χ0n) is 10.9. The van der Waals surface area contributed by atoms with Gasteiger partial charge < -0.3 is 5.32 Å². The third kappa shape index (κ3) is 2.84. The van der Waals surface area contributed by atoms with Crippen molar-refractivity contribution < 1.29 is 4.79 Å². The molecule has 96 valence electrons. The summed E-state index contributed by atoms with van der Waals surface area (Å²) >= 11 is 3.29. The summed E-state index contributed by atoms with van der Waals surface area (Å²) in [7, 11) is 0. The number of thioether (sulfide) groups is 1. The molecule has 0 radical (unpaired) electrons. The van der Waals surface area contributed by atoms with Crippen LogP contribution in [0.15, 0.2) is 22.5 Å². The summed E-state index contributed by atoms with van der Waals surface area (Å²) < 4.78 is 2.15. The fraction of sp³-hybridized carbons (Fsp3) is 0.385. The van der Waals surface area contributed by atoms with E-state index in [1.165, 1.54) is 0 Å². The number of hydrogen-bond donors (Lipinski definition) is 1. The minimum atomic E-state index is -0.382. The Morgan fingerprint density at radius 2 is 2.11 bits per heavy atom. The second-order valence-electron chi connectivity index (χ2n) is 5.07. The van der Waals surface area contributed by atoms with Crippen molar-refractivity contribution in [2.75, 3.05) is 11.6 Å². The zero-order chi connectivity index (χ0) is 13.3. The second-order valence-corrected chi connectivity index (χ2v) is 7.15. The van der Waals surface area contributed by atoms with Gasteiger partial charge in [-0.2, -0.15) is 0 Å². The second kappa shape index (κ2) is 4.90. The Hall–Kier alpha value is -1.07. The number of fused-ring (bicyclic) bond motifs is 1. The van der Waals surface area contributed by atoms with E-state index in [2.05, 4.69) is 10.3 Å². The number of rotatable bonds is 2. The highest BCUT2D eigenvalue weighted by Gasteiger charge is 2.21. The maximum absolute atomic E-state index is 11.9. The van der Waals surface area contributed by atoms with Gasteiger partial charge in [-0.05, 0) is 24.5 Å². The lowest BCUT2D eigenvalue weighted by Crippen LogP contribution is -2.27. The van der Waals surface area contributed by atoms with Crippen molar-refractivity contribution >= 4 is 44.9 Å². The van der Waals surface area contributed by atoms with Crippen molar-refractivity contribution in [3.8, 4) is 0 Å². The van der Waals surface area contributed by atoms with Crippen LogP contribution in [0.5, 0.6) is 0 Å². The molecule has 0 unspecified atom stereocenters. The van der Waals surface area contributed by atoms with Gasteiger partial charge in [0.05, 0.1) is 10.2 Å². The molecule has 18 heavy (non-hydrogen) atoms. The van der Waals surface area contributed by atoms with Gasteiger partial charge >= 0.3 is 0 Å². The monoisotopic (exact) mass is 280 g/mol. The molecule has 0 spiro atoms. The van der Waals surface area contributed by atoms with Gasteiger partial charge in [0.2, 0.25) is 5.91 Å². The Bertz CT molecular complexity index is 584. The molecule has 0 saturated carbocycles. The minimum Gasteiger partial charge on any atom is -0.326 e. The highest BCUT2D eigenvalue weighted by molar-refractivity contribution is 8.00. The molecule has 0 aliphatic rings. The van der Waals surface area contributed by atoms with E-state index >= 15 is 0 Å². The van der Waals surface area contributed by atoms with Crippen LogP contribution in [-0.2, 0) is 4.79 Å². The molecule has 1 heterocycles. The smallest absolute Gasteiger partial charge is 0.229 e. The molecule has 1 aromatic heterocycles. The molecule has 3 nitrogen and oxygen atoms in total. The SMILES string of the molecule is CSc1nc2ccc(NC(=O)C(C)(C)C)cc2s1. The third-order valence-electron chi connectivity index (χ3n) is 2.48. The Morgan fingerprint density at radius 1 is 1.39 bits per heavy atom. The molecule has 0 aliphatic carbocycles. The van der Waals surface area contributed by atoms with E-state index < -0.39 is 0 Å². The van der Waals surface area contributed by atoms with Crippen LogP contribution >= 0.6 is 23.1 Å². The van der Waals surface area contributed by atoms with Crippen molar-refractivity contribution in [2.45, 2.75) is 25.1 Å². The number of aromatic nitrogens is 1. The van der Waals surface area contributed by atoms with Crippen molar-refractivity contribution in [1.82, 2.24) is 4.98 Å². The Kier molecular flexibility index (Phi) is 3.64. The van der Waals surface area contributed by atoms with Crippen molar-refractivity contribution in [2.24, 2.45) is 5.41 Å². The summed E-state index contributed by atoms with van der Waals surface area (Å²) in [6.45, 7) is 5.71. The van der Waals surface area contributed by atoms with Crippen LogP contribution in [0.4, 0.5) is 5.69 Å². The molecule has 1 aromatic carbocycles. The van der Waals surface area contributed by atoms with Gasteiger partial charge in [-0.1, -0.05) is 32.5 Å². The van der Waals surface area contributed by atoms with Crippen LogP contribution in [0.3, 0.4) is 0 Å². The predicted molar refractivity (Wildman–Crippen MR) is 79.5 cm³/mol. The fourth-order valence-corrected chi connectivity index (χ4v) is 2.92. The van der Waals surface area contributed by atoms with Gasteiger partial charge in [0.15, 0.2) is 4.34 Å². The maximum Gasteiger partial charge on any atom is 0.229 e. The quantitative estimate of drug-likeness (QED) is 0.845. The number of hydrogen-bond acceptors (Lipinski definition) is 4. The lowest BCUT2D eigenvalue weighted by atomic mass is 9.95. The normalized spacial score (nSPS) is 11.8. The van der Waals surface area contributed by atoms with Crippen molar-refractivity contribution in [3.63, 3.8) is 0 Å². The van der Waals surface area contributed by atoms with Gasteiger partial charge in [0, 0.05) is 11.1 Å². The average molecular weight is 280 g/mol. The lowest BCUT2D eigenvalue weighted by Gasteiger charge is -2.17. The van der Waals surface area contributed by atoms with E-state index in [-0.39, 0.29) is 11.3 Å². The van der Waals surface area contributed by atoms with Crippen LogP contribution in [0, 0.1) is 5.41 Å². The molecule has 0 saturated heterocycles. The fourth-order valence-electron chi connectivity index (χ4n) is 1.39. The molecule has 1 N–H and O–H groups in total. The number of thiazole rings is 1. The summed E-state index contributed by atoms with van der Waals surface area (Å²) in [5, 5.41) is 2.93. The molecule has 2 rings (SSSR count). The van der Waals surface area contributed by atoms with Crippen LogP contribution in [0.2, 0.25) is 0 Å². The number of nitrogens with one attached hydrogen (secondary N) is 1. The molecule has 5 heteroatoms. The summed E-state index contributed by atoms with van der Waals surface area (Å²) in [6.07, 6.45) is 2.01. The summed E-state index contributed by atoms with van der Waals surface area (Å²) in [5.41, 5.74) is 1.43. The van der Waals surface area contributed by atoms with Gasteiger partial charge in [-0.25, -0.2) is 4.98 Å². The molecule has 0 atom stereocenters. The van der Waals surface area contributed by atoms with E-state index in [9.17, 15) is 4.79 Å². The molecule has 1 amide bonds. The van der Waals surface area contributed by atoms with E-state index in [0.29, 0.717) is 0 Å². The number of anilines is 1. The highest BCUT2D eigenvalue weighted by atomic mass is 32.2. The molecular weight excluding hydrogens is 264 g/mol. The molecule has 0 bridgehead atoms. The van der Waals surface area contributed by atoms with Gasteiger partial charge in [0.1, 0.15) is 0 Å². The first-order valence-corrected chi connectivity index (χ1v) is 7.70. The number of nitrogens with zero attached hydrogens (tertiary/aromatic N) is 1. The summed E-state index contributed by atoms with van der Waals surface area (Å²) in [4.78, 5) is 16.4. The topological polar surface area (TPSA) is 42.0 Å². The summed E-state index contributed by atoms with van der Waals surface area (Å²) in [6, 6.07) is 5.83. The standard InChI is InChI=1S/C13H16N2OS2/c1-13(2,3)11(16)14-8-5-6-9-10(7-8)18-12(15-9)17-4/h5-7H,1-4H3,(H,14,16). The minimum absolute atomic E-state index is 0.0245. The van der Waals surface area contributed by atoms with Crippen LogP contribution < -0.4 is 5.32 Å².